The molecule has 1 aromatic rings. The highest BCUT2D eigenvalue weighted by Gasteiger charge is 2.30. The molecule has 7 nitrogen and oxygen atoms in total. The number of fused-ring (bicyclic) bond motifs is 1. The summed E-state index contributed by atoms with van der Waals surface area (Å²) in [5.74, 6) is 2.12. The molecule has 0 amide bonds. The summed E-state index contributed by atoms with van der Waals surface area (Å²) in [6.45, 7) is 4.60. The van der Waals surface area contributed by atoms with Crippen LogP contribution in [0.1, 0.15) is 19.4 Å². The minimum absolute atomic E-state index is 0.268. The van der Waals surface area contributed by atoms with Crippen molar-refractivity contribution in [1.82, 2.24) is 10.6 Å². The van der Waals surface area contributed by atoms with Crippen LogP contribution < -0.4 is 20.1 Å². The first-order valence-electron chi connectivity index (χ1n) is 7.75. The van der Waals surface area contributed by atoms with Gasteiger partial charge >= 0.3 is 0 Å². The zero-order chi connectivity index (χ0) is 17.8. The maximum absolute atomic E-state index is 11.7. The van der Waals surface area contributed by atoms with Gasteiger partial charge in [-0.25, -0.2) is 8.42 Å². The molecule has 0 aromatic heterocycles. The zero-order valence-electron chi connectivity index (χ0n) is 14.5. The first-order chi connectivity index (χ1) is 11.2. The number of hydrogen-bond acceptors (Lipinski definition) is 5. The molecule has 0 fully saturated rings. The van der Waals surface area contributed by atoms with Crippen LogP contribution in [0.4, 0.5) is 0 Å². The number of benzene rings is 1. The van der Waals surface area contributed by atoms with Gasteiger partial charge < -0.3 is 20.1 Å². The maximum Gasteiger partial charge on any atom is 0.231 e. The van der Waals surface area contributed by atoms with Crippen LogP contribution in [0.3, 0.4) is 0 Å². The lowest BCUT2D eigenvalue weighted by atomic mass is 10.1. The Morgan fingerprint density at radius 2 is 1.96 bits per heavy atom. The number of ether oxygens (including phenoxy) is 2. The van der Waals surface area contributed by atoms with Crippen LogP contribution in [0.5, 0.6) is 11.5 Å². The van der Waals surface area contributed by atoms with E-state index in [1.54, 1.807) is 20.9 Å². The van der Waals surface area contributed by atoms with Gasteiger partial charge in [0.1, 0.15) is 0 Å². The standard InChI is InChI=1S/C16H25N3O4S/c1-16(2,24(4,20)21)10-19-15(17-3)18-8-7-12-5-6-13-14(9-12)23-11-22-13/h5-6,9H,7-8,10-11H2,1-4H3,(H2,17,18,19). The maximum atomic E-state index is 11.7. The molecule has 2 N–H and O–H groups in total. The van der Waals surface area contributed by atoms with E-state index in [4.69, 9.17) is 9.47 Å². The Morgan fingerprint density at radius 1 is 1.25 bits per heavy atom. The van der Waals surface area contributed by atoms with Gasteiger partial charge in [-0.15, -0.1) is 0 Å². The highest BCUT2D eigenvalue weighted by molar-refractivity contribution is 7.92. The van der Waals surface area contributed by atoms with Crippen molar-refractivity contribution < 1.29 is 17.9 Å². The van der Waals surface area contributed by atoms with E-state index >= 15 is 0 Å². The molecule has 0 aliphatic carbocycles. The Morgan fingerprint density at radius 3 is 2.62 bits per heavy atom. The molecular weight excluding hydrogens is 330 g/mol. The van der Waals surface area contributed by atoms with Crippen molar-refractivity contribution in [1.29, 1.82) is 0 Å². The number of hydrogen-bond donors (Lipinski definition) is 2. The van der Waals surface area contributed by atoms with Gasteiger partial charge in [-0.05, 0) is 38.0 Å². The summed E-state index contributed by atoms with van der Waals surface area (Å²) in [5.41, 5.74) is 1.12. The van der Waals surface area contributed by atoms with Crippen molar-refractivity contribution in [2.75, 3.05) is 33.2 Å². The van der Waals surface area contributed by atoms with Crippen molar-refractivity contribution in [3.63, 3.8) is 0 Å². The van der Waals surface area contributed by atoms with Crippen molar-refractivity contribution in [3.8, 4) is 11.5 Å². The molecule has 0 spiro atoms. The van der Waals surface area contributed by atoms with Crippen molar-refractivity contribution >= 4 is 15.8 Å². The van der Waals surface area contributed by atoms with Gasteiger partial charge in [-0.2, -0.15) is 0 Å². The monoisotopic (exact) mass is 355 g/mol. The second-order valence-electron chi connectivity index (χ2n) is 6.32. The minimum Gasteiger partial charge on any atom is -0.454 e. The lowest BCUT2D eigenvalue weighted by Crippen LogP contribution is -2.48. The Balaban J connectivity index is 1.82. The summed E-state index contributed by atoms with van der Waals surface area (Å²) in [6, 6.07) is 5.87. The predicted octanol–water partition coefficient (Wildman–Crippen LogP) is 0.946. The summed E-state index contributed by atoms with van der Waals surface area (Å²) in [7, 11) is -1.49. The molecule has 2 rings (SSSR count). The van der Waals surface area contributed by atoms with E-state index in [2.05, 4.69) is 15.6 Å². The summed E-state index contributed by atoms with van der Waals surface area (Å²) >= 11 is 0. The normalized spacial score (nSPS) is 14.6. The number of nitrogens with zero attached hydrogens (tertiary/aromatic N) is 1. The lowest BCUT2D eigenvalue weighted by Gasteiger charge is -2.24. The molecule has 1 aliphatic heterocycles. The van der Waals surface area contributed by atoms with Gasteiger partial charge in [-0.3, -0.25) is 4.99 Å². The Kier molecular flexibility index (Phi) is 5.58. The van der Waals surface area contributed by atoms with Crippen LogP contribution in [0.2, 0.25) is 0 Å². The second kappa shape index (κ2) is 7.29. The van der Waals surface area contributed by atoms with Crippen LogP contribution >= 0.6 is 0 Å². The van der Waals surface area contributed by atoms with E-state index in [-0.39, 0.29) is 13.3 Å². The van der Waals surface area contributed by atoms with Gasteiger partial charge in [0.05, 0.1) is 4.75 Å². The third-order valence-corrected chi connectivity index (χ3v) is 6.20. The smallest absolute Gasteiger partial charge is 0.231 e. The molecule has 0 atom stereocenters. The predicted molar refractivity (Wildman–Crippen MR) is 94.6 cm³/mol. The molecule has 1 heterocycles. The number of guanidine groups is 1. The van der Waals surface area contributed by atoms with E-state index in [1.807, 2.05) is 18.2 Å². The van der Waals surface area contributed by atoms with Gasteiger partial charge in [0.15, 0.2) is 27.3 Å². The van der Waals surface area contributed by atoms with E-state index in [9.17, 15) is 8.42 Å². The van der Waals surface area contributed by atoms with Crippen LogP contribution in [0, 0.1) is 0 Å². The molecule has 0 bridgehead atoms. The molecule has 24 heavy (non-hydrogen) atoms. The van der Waals surface area contributed by atoms with Crippen molar-refractivity contribution in [2.45, 2.75) is 25.0 Å². The van der Waals surface area contributed by atoms with E-state index in [0.717, 1.165) is 23.5 Å². The largest absolute Gasteiger partial charge is 0.454 e. The molecule has 1 aliphatic rings. The fourth-order valence-corrected chi connectivity index (χ4v) is 2.40. The molecule has 134 valence electrons. The molecular formula is C16H25N3O4S. The number of rotatable bonds is 6. The summed E-state index contributed by atoms with van der Waals surface area (Å²) in [6.07, 6.45) is 2.03. The van der Waals surface area contributed by atoms with Crippen LogP contribution in [-0.4, -0.2) is 52.3 Å². The fraction of sp³-hybridized carbons (Fsp3) is 0.562. The SMILES string of the molecule is CN=C(NCCc1ccc2c(c1)OCO2)NCC(C)(C)S(C)(=O)=O. The fourth-order valence-electron chi connectivity index (χ4n) is 2.07. The van der Waals surface area contributed by atoms with Gasteiger partial charge in [0.25, 0.3) is 0 Å². The third kappa shape index (κ3) is 4.53. The first-order valence-corrected chi connectivity index (χ1v) is 9.65. The highest BCUT2D eigenvalue weighted by atomic mass is 32.2. The van der Waals surface area contributed by atoms with E-state index in [0.29, 0.717) is 12.5 Å². The van der Waals surface area contributed by atoms with E-state index < -0.39 is 14.6 Å². The van der Waals surface area contributed by atoms with Crippen molar-refractivity contribution in [3.05, 3.63) is 23.8 Å². The molecule has 0 saturated heterocycles. The summed E-state index contributed by atoms with van der Waals surface area (Å²) in [4.78, 5) is 4.12. The summed E-state index contributed by atoms with van der Waals surface area (Å²) < 4.78 is 33.2. The van der Waals surface area contributed by atoms with Crippen LogP contribution in [0.15, 0.2) is 23.2 Å². The quantitative estimate of drug-likeness (QED) is 0.583. The highest BCUT2D eigenvalue weighted by Crippen LogP contribution is 2.32. The van der Waals surface area contributed by atoms with Gasteiger partial charge in [0.2, 0.25) is 6.79 Å². The molecule has 8 heteroatoms. The second-order valence-corrected chi connectivity index (χ2v) is 8.97. The van der Waals surface area contributed by atoms with E-state index in [1.165, 1.54) is 6.26 Å². The average molecular weight is 355 g/mol. The molecule has 0 radical (unpaired) electrons. The minimum atomic E-state index is -3.15. The topological polar surface area (TPSA) is 89.0 Å². The molecule has 1 aromatic carbocycles. The van der Waals surface area contributed by atoms with Crippen molar-refractivity contribution in [2.24, 2.45) is 4.99 Å². The molecule has 0 unspecified atom stereocenters. The average Bonchev–Trinajstić information content (AvgIpc) is 2.97. The number of sulfone groups is 1. The molecule has 0 saturated carbocycles. The Labute approximate surface area is 143 Å². The number of aliphatic imine (C=N–C) groups is 1. The Bertz CT molecular complexity index is 714. The summed E-state index contributed by atoms with van der Waals surface area (Å²) in [5, 5.41) is 6.24. The van der Waals surface area contributed by atoms with Crippen LogP contribution in [-0.2, 0) is 16.3 Å². The van der Waals surface area contributed by atoms with Gasteiger partial charge in [-0.1, -0.05) is 6.07 Å². The lowest BCUT2D eigenvalue weighted by molar-refractivity contribution is 0.174. The first kappa shape index (κ1) is 18.4. The zero-order valence-corrected chi connectivity index (χ0v) is 15.4. The van der Waals surface area contributed by atoms with Gasteiger partial charge in [0, 0.05) is 26.4 Å². The Hall–Kier alpha value is -1.96. The third-order valence-electron chi connectivity index (χ3n) is 4.05. The van der Waals surface area contributed by atoms with Crippen LogP contribution in [0.25, 0.3) is 0 Å². The number of nitrogens with one attached hydrogen (secondary N) is 2.